The van der Waals surface area contributed by atoms with E-state index in [0.29, 0.717) is 6.61 Å². The lowest BCUT2D eigenvalue weighted by molar-refractivity contribution is -0.149. The summed E-state index contributed by atoms with van der Waals surface area (Å²) in [6.07, 6.45) is 1.66. The number of carbonyl (C=O) groups is 2. The van der Waals surface area contributed by atoms with Gasteiger partial charge in [0.05, 0.1) is 19.2 Å². The van der Waals surface area contributed by atoms with Crippen molar-refractivity contribution in [2.45, 2.75) is 45.7 Å². The van der Waals surface area contributed by atoms with E-state index in [9.17, 15) is 9.59 Å². The van der Waals surface area contributed by atoms with E-state index >= 15 is 0 Å². The van der Waals surface area contributed by atoms with E-state index in [4.69, 9.17) is 4.74 Å². The van der Waals surface area contributed by atoms with Crippen LogP contribution in [0.15, 0.2) is 0 Å². The molecule has 5 nitrogen and oxygen atoms in total. The number of rotatable bonds is 6. The van der Waals surface area contributed by atoms with Crippen molar-refractivity contribution in [3.8, 4) is 0 Å². The highest BCUT2D eigenvalue weighted by molar-refractivity contribution is 5.95. The average Bonchev–Trinajstić information content (AvgIpc) is 2.37. The number of methoxy groups -OCH3 is 1. The molecule has 1 N–H and O–H groups in total. The van der Waals surface area contributed by atoms with E-state index in [1.165, 1.54) is 0 Å². The van der Waals surface area contributed by atoms with Crippen LogP contribution in [0.25, 0.3) is 0 Å². The van der Waals surface area contributed by atoms with E-state index in [-0.39, 0.29) is 36.4 Å². The highest BCUT2D eigenvalue weighted by atomic mass is 16.5. The maximum Gasteiger partial charge on any atom is 0.246 e. The Labute approximate surface area is 109 Å². The Morgan fingerprint density at radius 3 is 2.56 bits per heavy atom. The molecule has 5 heteroatoms. The zero-order chi connectivity index (χ0) is 13.7. The second-order valence-corrected chi connectivity index (χ2v) is 4.91. The van der Waals surface area contributed by atoms with Crippen LogP contribution in [-0.4, -0.2) is 49.1 Å². The van der Waals surface area contributed by atoms with Gasteiger partial charge in [-0.05, 0) is 12.3 Å². The van der Waals surface area contributed by atoms with Crippen molar-refractivity contribution in [3.05, 3.63) is 0 Å². The number of hydrogen-bond acceptors (Lipinski definition) is 3. The summed E-state index contributed by atoms with van der Waals surface area (Å²) in [5.74, 6) is 0.103. The minimum absolute atomic E-state index is 0.0138. The van der Waals surface area contributed by atoms with E-state index in [2.05, 4.69) is 5.32 Å². The largest absolute Gasteiger partial charge is 0.383 e. The lowest BCUT2D eigenvalue weighted by Crippen LogP contribution is -2.63. The van der Waals surface area contributed by atoms with Crippen LogP contribution in [0.3, 0.4) is 0 Å². The summed E-state index contributed by atoms with van der Waals surface area (Å²) in [5, 5.41) is 2.80. The highest BCUT2D eigenvalue weighted by Gasteiger charge is 2.38. The third-order valence-corrected chi connectivity index (χ3v) is 3.66. The van der Waals surface area contributed by atoms with Crippen LogP contribution in [-0.2, 0) is 14.3 Å². The van der Waals surface area contributed by atoms with Crippen molar-refractivity contribution in [3.63, 3.8) is 0 Å². The number of hydrogen-bond donors (Lipinski definition) is 1. The van der Waals surface area contributed by atoms with Gasteiger partial charge >= 0.3 is 0 Å². The molecule has 0 aromatic heterocycles. The zero-order valence-corrected chi connectivity index (χ0v) is 11.7. The Morgan fingerprint density at radius 2 is 2.06 bits per heavy atom. The van der Waals surface area contributed by atoms with E-state index < -0.39 is 0 Å². The first-order valence-electron chi connectivity index (χ1n) is 6.63. The number of piperazine rings is 1. The number of carbonyl (C=O) groups excluding carboxylic acids is 2. The maximum atomic E-state index is 12.4. The molecule has 2 amide bonds. The van der Waals surface area contributed by atoms with Crippen LogP contribution in [0.4, 0.5) is 0 Å². The molecule has 3 unspecified atom stereocenters. The Balaban J connectivity index is 2.84. The van der Waals surface area contributed by atoms with Crippen LogP contribution >= 0.6 is 0 Å². The summed E-state index contributed by atoms with van der Waals surface area (Å²) >= 11 is 0. The predicted molar refractivity (Wildman–Crippen MR) is 69.1 cm³/mol. The smallest absolute Gasteiger partial charge is 0.246 e. The fraction of sp³-hybridized carbons (Fsp3) is 0.846. The van der Waals surface area contributed by atoms with Crippen molar-refractivity contribution in [1.82, 2.24) is 10.2 Å². The van der Waals surface area contributed by atoms with Gasteiger partial charge in [-0.15, -0.1) is 0 Å². The maximum absolute atomic E-state index is 12.4. The fourth-order valence-electron chi connectivity index (χ4n) is 2.24. The SMILES string of the molecule is CCC(C)C1NC(=O)CN(C(CC)COC)C1=O. The molecule has 3 atom stereocenters. The normalized spacial score (nSPS) is 23.8. The minimum atomic E-state index is -0.387. The lowest BCUT2D eigenvalue weighted by atomic mass is 9.95. The molecule has 0 saturated carbocycles. The number of nitrogens with one attached hydrogen (secondary N) is 1. The molecule has 1 aliphatic heterocycles. The minimum Gasteiger partial charge on any atom is -0.383 e. The molecule has 18 heavy (non-hydrogen) atoms. The lowest BCUT2D eigenvalue weighted by Gasteiger charge is -2.39. The third-order valence-electron chi connectivity index (χ3n) is 3.66. The second kappa shape index (κ2) is 6.73. The predicted octanol–water partition coefficient (Wildman–Crippen LogP) is 0.784. The molecular formula is C13H24N2O3. The van der Waals surface area contributed by atoms with Crippen LogP contribution < -0.4 is 5.32 Å². The molecule has 104 valence electrons. The van der Waals surface area contributed by atoms with Gasteiger partial charge in [-0.2, -0.15) is 0 Å². The summed E-state index contributed by atoms with van der Waals surface area (Å²) in [4.78, 5) is 25.8. The molecular weight excluding hydrogens is 232 g/mol. The molecule has 0 spiro atoms. The molecule has 1 rings (SSSR count). The number of ether oxygens (including phenoxy) is 1. The topological polar surface area (TPSA) is 58.6 Å². The zero-order valence-electron chi connectivity index (χ0n) is 11.7. The van der Waals surface area contributed by atoms with Gasteiger partial charge < -0.3 is 15.0 Å². The summed E-state index contributed by atoms with van der Waals surface area (Å²) in [6, 6.07) is -0.401. The van der Waals surface area contributed by atoms with Crippen LogP contribution in [0.1, 0.15) is 33.6 Å². The molecule has 1 fully saturated rings. The van der Waals surface area contributed by atoms with Gasteiger partial charge in [-0.3, -0.25) is 9.59 Å². The van der Waals surface area contributed by atoms with Crippen LogP contribution in [0, 0.1) is 5.92 Å². The molecule has 1 heterocycles. The van der Waals surface area contributed by atoms with Crippen molar-refractivity contribution < 1.29 is 14.3 Å². The fourth-order valence-corrected chi connectivity index (χ4v) is 2.24. The van der Waals surface area contributed by atoms with Crippen LogP contribution in [0.2, 0.25) is 0 Å². The summed E-state index contributed by atoms with van der Waals surface area (Å²) < 4.78 is 5.13. The van der Waals surface area contributed by atoms with E-state index in [1.807, 2.05) is 20.8 Å². The van der Waals surface area contributed by atoms with E-state index in [1.54, 1.807) is 12.0 Å². The van der Waals surface area contributed by atoms with Crippen molar-refractivity contribution in [1.29, 1.82) is 0 Å². The molecule has 1 saturated heterocycles. The summed E-state index contributed by atoms with van der Waals surface area (Å²) in [5.41, 5.74) is 0. The Morgan fingerprint density at radius 1 is 1.39 bits per heavy atom. The van der Waals surface area contributed by atoms with Crippen LogP contribution in [0.5, 0.6) is 0 Å². The first kappa shape index (κ1) is 15.0. The molecule has 0 aromatic carbocycles. The number of amides is 2. The number of nitrogens with zero attached hydrogens (tertiary/aromatic N) is 1. The first-order chi connectivity index (χ1) is 8.54. The second-order valence-electron chi connectivity index (χ2n) is 4.91. The van der Waals surface area contributed by atoms with Gasteiger partial charge in [0.1, 0.15) is 6.04 Å². The first-order valence-corrected chi connectivity index (χ1v) is 6.63. The van der Waals surface area contributed by atoms with Gasteiger partial charge in [0.15, 0.2) is 0 Å². The molecule has 0 bridgehead atoms. The Bertz CT molecular complexity index is 307. The monoisotopic (exact) mass is 256 g/mol. The highest BCUT2D eigenvalue weighted by Crippen LogP contribution is 2.17. The third kappa shape index (κ3) is 3.22. The van der Waals surface area contributed by atoms with E-state index in [0.717, 1.165) is 12.8 Å². The van der Waals surface area contributed by atoms with Gasteiger partial charge in [0, 0.05) is 7.11 Å². The molecule has 0 radical (unpaired) electrons. The van der Waals surface area contributed by atoms with Gasteiger partial charge in [0.2, 0.25) is 11.8 Å². The van der Waals surface area contributed by atoms with Gasteiger partial charge in [0.25, 0.3) is 0 Å². The standard InChI is InChI=1S/C13H24N2O3/c1-5-9(3)12-13(17)15(7-11(16)14-12)10(6-2)8-18-4/h9-10,12H,5-8H2,1-4H3,(H,14,16). The quantitative estimate of drug-likeness (QED) is 0.764. The molecule has 0 aliphatic carbocycles. The van der Waals surface area contributed by atoms with Gasteiger partial charge in [-0.25, -0.2) is 0 Å². The summed E-state index contributed by atoms with van der Waals surface area (Å²) in [6.45, 7) is 6.64. The van der Waals surface area contributed by atoms with Crippen molar-refractivity contribution >= 4 is 11.8 Å². The molecule has 0 aromatic rings. The van der Waals surface area contributed by atoms with Crippen molar-refractivity contribution in [2.24, 2.45) is 5.92 Å². The molecule has 1 aliphatic rings. The Hall–Kier alpha value is -1.10. The van der Waals surface area contributed by atoms with Gasteiger partial charge in [-0.1, -0.05) is 27.2 Å². The average molecular weight is 256 g/mol. The Kier molecular flexibility index (Phi) is 5.59. The summed E-state index contributed by atoms with van der Waals surface area (Å²) in [7, 11) is 1.61. The van der Waals surface area contributed by atoms with Crippen molar-refractivity contribution in [2.75, 3.05) is 20.3 Å².